The first-order chi connectivity index (χ1) is 9.65. The monoisotopic (exact) mass is 336 g/mol. The molecule has 0 saturated heterocycles. The third kappa shape index (κ3) is 3.06. The summed E-state index contributed by atoms with van der Waals surface area (Å²) in [6.45, 7) is 0. The van der Waals surface area contributed by atoms with Gasteiger partial charge in [0.15, 0.2) is 0 Å². The van der Waals surface area contributed by atoms with Gasteiger partial charge in [-0.1, -0.05) is 15.9 Å². The zero-order valence-corrected chi connectivity index (χ0v) is 12.3. The lowest BCUT2D eigenvalue weighted by atomic mass is 10.2. The molecule has 1 aromatic carbocycles. The number of halogens is 1. The molecule has 2 rings (SSSR count). The minimum atomic E-state index is -0.331. The number of hydrogen-bond donors (Lipinski definition) is 3. The number of methoxy groups -OCH3 is 1. The van der Waals surface area contributed by atoms with Gasteiger partial charge in [0.05, 0.1) is 24.0 Å². The van der Waals surface area contributed by atoms with E-state index in [1.807, 2.05) is 6.07 Å². The second kappa shape index (κ2) is 6.36. The number of carbonyl (C=O) groups is 1. The molecular formula is C13H13BrN4O2. The number of carbonyl (C=O) groups excluding carboxylic acids is 1. The number of nitrogens with two attached hydrogens (primary N) is 1. The van der Waals surface area contributed by atoms with Gasteiger partial charge in [-0.2, -0.15) is 0 Å². The second-order valence-electron chi connectivity index (χ2n) is 3.86. The minimum absolute atomic E-state index is 0.331. The molecule has 0 radical (unpaired) electrons. The van der Waals surface area contributed by atoms with Crippen molar-refractivity contribution in [3.05, 3.63) is 46.7 Å². The van der Waals surface area contributed by atoms with Gasteiger partial charge < -0.3 is 15.5 Å². The van der Waals surface area contributed by atoms with Crippen molar-refractivity contribution < 1.29 is 9.53 Å². The van der Waals surface area contributed by atoms with Crippen LogP contribution >= 0.6 is 15.9 Å². The van der Waals surface area contributed by atoms with E-state index >= 15 is 0 Å². The third-order valence-electron chi connectivity index (χ3n) is 2.63. The Morgan fingerprint density at radius 3 is 2.85 bits per heavy atom. The van der Waals surface area contributed by atoms with E-state index in [4.69, 9.17) is 10.6 Å². The normalized spacial score (nSPS) is 9.95. The van der Waals surface area contributed by atoms with Gasteiger partial charge in [0.1, 0.15) is 5.75 Å². The highest BCUT2D eigenvalue weighted by Gasteiger charge is 2.13. The van der Waals surface area contributed by atoms with Crippen molar-refractivity contribution >= 4 is 33.2 Å². The smallest absolute Gasteiger partial charge is 0.259 e. The molecule has 0 aliphatic heterocycles. The van der Waals surface area contributed by atoms with Crippen LogP contribution in [0.3, 0.4) is 0 Å². The van der Waals surface area contributed by atoms with E-state index in [2.05, 4.69) is 31.7 Å². The van der Waals surface area contributed by atoms with Crippen molar-refractivity contribution in [3.63, 3.8) is 0 Å². The Balaban J connectivity index is 2.30. The number of benzene rings is 1. The molecule has 0 saturated carbocycles. The highest BCUT2D eigenvalue weighted by Crippen LogP contribution is 2.28. The minimum Gasteiger partial charge on any atom is -0.495 e. The van der Waals surface area contributed by atoms with Crippen molar-refractivity contribution in [1.82, 2.24) is 4.98 Å². The Morgan fingerprint density at radius 1 is 1.35 bits per heavy atom. The molecule has 2 aromatic rings. The van der Waals surface area contributed by atoms with Gasteiger partial charge >= 0.3 is 0 Å². The first-order valence-corrected chi connectivity index (χ1v) is 6.50. The van der Waals surface area contributed by atoms with Gasteiger partial charge in [-0.05, 0) is 24.3 Å². The highest BCUT2D eigenvalue weighted by atomic mass is 79.9. The van der Waals surface area contributed by atoms with E-state index in [9.17, 15) is 4.79 Å². The van der Waals surface area contributed by atoms with Crippen LogP contribution in [0.2, 0.25) is 0 Å². The van der Waals surface area contributed by atoms with Crippen molar-refractivity contribution in [3.8, 4) is 5.75 Å². The number of aromatic nitrogens is 1. The lowest BCUT2D eigenvalue weighted by Gasteiger charge is -2.12. The topological polar surface area (TPSA) is 89.3 Å². The molecule has 0 spiro atoms. The number of hydrogen-bond acceptors (Lipinski definition) is 5. The van der Waals surface area contributed by atoms with Crippen LogP contribution in [-0.2, 0) is 0 Å². The van der Waals surface area contributed by atoms with E-state index in [0.29, 0.717) is 22.7 Å². The number of pyridine rings is 1. The van der Waals surface area contributed by atoms with Crippen LogP contribution < -0.4 is 21.3 Å². The Labute approximate surface area is 124 Å². The Morgan fingerprint density at radius 2 is 2.15 bits per heavy atom. The first-order valence-electron chi connectivity index (χ1n) is 5.71. The summed E-state index contributed by atoms with van der Waals surface area (Å²) in [6.07, 6.45) is 2.99. The molecule has 6 nitrogen and oxygen atoms in total. The molecule has 104 valence electrons. The molecule has 1 heterocycles. The zero-order chi connectivity index (χ0) is 14.5. The molecule has 7 heteroatoms. The predicted octanol–water partition coefficient (Wildman–Crippen LogP) is 2.39. The largest absolute Gasteiger partial charge is 0.495 e. The molecule has 1 aromatic heterocycles. The lowest BCUT2D eigenvalue weighted by Crippen LogP contribution is -2.17. The van der Waals surface area contributed by atoms with E-state index < -0.39 is 0 Å². The summed E-state index contributed by atoms with van der Waals surface area (Å²) in [4.78, 5) is 16.2. The molecule has 4 N–H and O–H groups in total. The fraction of sp³-hybridized carbons (Fsp3) is 0.0769. The maximum Gasteiger partial charge on any atom is 0.259 e. The summed E-state index contributed by atoms with van der Waals surface area (Å²) < 4.78 is 6.03. The molecule has 0 aliphatic carbocycles. The second-order valence-corrected chi connectivity index (χ2v) is 4.78. The van der Waals surface area contributed by atoms with E-state index in [1.54, 1.807) is 24.4 Å². The van der Waals surface area contributed by atoms with Crippen LogP contribution in [0.1, 0.15) is 10.4 Å². The van der Waals surface area contributed by atoms with E-state index in [1.165, 1.54) is 13.3 Å². The van der Waals surface area contributed by atoms with Crippen molar-refractivity contribution in [2.24, 2.45) is 5.84 Å². The maximum atomic E-state index is 12.3. The quantitative estimate of drug-likeness (QED) is 0.589. The summed E-state index contributed by atoms with van der Waals surface area (Å²) in [7, 11) is 1.54. The molecule has 0 atom stereocenters. The summed E-state index contributed by atoms with van der Waals surface area (Å²) in [5.41, 5.74) is 3.85. The van der Waals surface area contributed by atoms with E-state index in [-0.39, 0.29) is 5.91 Å². The van der Waals surface area contributed by atoms with Crippen LogP contribution in [0.15, 0.2) is 41.1 Å². The summed E-state index contributed by atoms with van der Waals surface area (Å²) in [6, 6.07) is 6.95. The van der Waals surface area contributed by atoms with E-state index in [0.717, 1.165) is 4.47 Å². The van der Waals surface area contributed by atoms with Gasteiger partial charge in [-0.15, -0.1) is 0 Å². The predicted molar refractivity (Wildman–Crippen MR) is 80.7 cm³/mol. The standard InChI is InChI=1S/C13H13BrN4O2/c1-20-12-3-2-8(14)6-11(12)17-13(19)9-7-16-5-4-10(9)18-15/h2-7H,15H2,1H3,(H,16,18)(H,17,19). The number of ether oxygens (including phenoxy) is 1. The first kappa shape index (κ1) is 14.3. The van der Waals surface area contributed by atoms with Crippen molar-refractivity contribution in [2.75, 3.05) is 17.9 Å². The van der Waals surface area contributed by atoms with Crippen LogP contribution in [0.25, 0.3) is 0 Å². The summed E-state index contributed by atoms with van der Waals surface area (Å²) >= 11 is 3.35. The molecule has 20 heavy (non-hydrogen) atoms. The molecule has 0 bridgehead atoms. The van der Waals surface area contributed by atoms with Crippen LogP contribution in [0.4, 0.5) is 11.4 Å². The zero-order valence-electron chi connectivity index (χ0n) is 10.7. The lowest BCUT2D eigenvalue weighted by molar-refractivity contribution is 0.102. The van der Waals surface area contributed by atoms with Crippen molar-refractivity contribution in [2.45, 2.75) is 0 Å². The number of rotatable bonds is 4. The average molecular weight is 337 g/mol. The van der Waals surface area contributed by atoms with Crippen LogP contribution in [0.5, 0.6) is 5.75 Å². The SMILES string of the molecule is COc1ccc(Br)cc1NC(=O)c1cnccc1NN. The highest BCUT2D eigenvalue weighted by molar-refractivity contribution is 9.10. The van der Waals surface area contributed by atoms with Gasteiger partial charge in [0.25, 0.3) is 5.91 Å². The van der Waals surface area contributed by atoms with Gasteiger partial charge in [-0.25, -0.2) is 0 Å². The average Bonchev–Trinajstić information content (AvgIpc) is 2.47. The molecule has 0 aliphatic rings. The maximum absolute atomic E-state index is 12.3. The number of nitrogen functional groups attached to an aromatic ring is 1. The Kier molecular flexibility index (Phi) is 4.54. The Hall–Kier alpha value is -2.12. The number of hydrazine groups is 1. The molecular weight excluding hydrogens is 324 g/mol. The number of nitrogens with zero attached hydrogens (tertiary/aromatic N) is 1. The number of anilines is 2. The Bertz CT molecular complexity index is 634. The van der Waals surface area contributed by atoms with Crippen LogP contribution in [-0.4, -0.2) is 18.0 Å². The van der Waals surface area contributed by atoms with Gasteiger partial charge in [0, 0.05) is 16.9 Å². The van der Waals surface area contributed by atoms with Crippen LogP contribution in [0, 0.1) is 0 Å². The molecule has 0 fully saturated rings. The summed E-state index contributed by atoms with van der Waals surface area (Å²) in [5.74, 6) is 5.60. The fourth-order valence-electron chi connectivity index (χ4n) is 1.67. The molecule has 1 amide bonds. The van der Waals surface area contributed by atoms with Gasteiger partial charge in [-0.3, -0.25) is 15.6 Å². The molecule has 0 unspecified atom stereocenters. The number of amides is 1. The summed E-state index contributed by atoms with van der Waals surface area (Å²) in [5, 5.41) is 2.76. The van der Waals surface area contributed by atoms with Gasteiger partial charge in [0.2, 0.25) is 0 Å². The fourth-order valence-corrected chi connectivity index (χ4v) is 2.03. The van der Waals surface area contributed by atoms with Crippen molar-refractivity contribution in [1.29, 1.82) is 0 Å². The number of nitrogens with one attached hydrogen (secondary N) is 2. The third-order valence-corrected chi connectivity index (χ3v) is 3.12.